The van der Waals surface area contributed by atoms with Crippen molar-refractivity contribution in [2.45, 2.75) is 50.4 Å². The minimum absolute atomic E-state index is 0.178. The molecule has 146 valence electrons. The Labute approximate surface area is 173 Å². The number of hydrogen-bond acceptors (Lipinski definition) is 5. The van der Waals surface area contributed by atoms with Crippen LogP contribution in [0, 0.1) is 0 Å². The first-order valence-corrected chi connectivity index (χ1v) is 10.6. The van der Waals surface area contributed by atoms with Gasteiger partial charge in [-0.15, -0.1) is 10.2 Å². The summed E-state index contributed by atoms with van der Waals surface area (Å²) in [7, 11) is 0. The summed E-state index contributed by atoms with van der Waals surface area (Å²) in [4.78, 5) is 12.3. The van der Waals surface area contributed by atoms with Gasteiger partial charge in [0.15, 0.2) is 5.16 Å². The number of thioether (sulfide) groups is 1. The Kier molecular flexibility index (Phi) is 7.03. The summed E-state index contributed by atoms with van der Waals surface area (Å²) in [5.74, 6) is 1.17. The van der Waals surface area contributed by atoms with Crippen LogP contribution in [-0.2, 0) is 16.1 Å². The normalized spacial score (nSPS) is 16.9. The fourth-order valence-corrected chi connectivity index (χ4v) is 4.02. The Bertz CT molecular complexity index is 807. The lowest BCUT2D eigenvalue weighted by Gasteiger charge is -2.16. The second kappa shape index (κ2) is 9.28. The van der Waals surface area contributed by atoms with Crippen LogP contribution in [0.5, 0.6) is 0 Å². The van der Waals surface area contributed by atoms with Crippen LogP contribution in [0.4, 0.5) is 5.69 Å². The highest BCUT2D eigenvalue weighted by molar-refractivity contribution is 7.99. The Morgan fingerprint density at radius 2 is 2.22 bits per heavy atom. The Morgan fingerprint density at radius 1 is 1.41 bits per heavy atom. The van der Waals surface area contributed by atoms with E-state index in [4.69, 9.17) is 27.9 Å². The third kappa shape index (κ3) is 5.16. The summed E-state index contributed by atoms with van der Waals surface area (Å²) >= 11 is 13.5. The van der Waals surface area contributed by atoms with Gasteiger partial charge in [0.2, 0.25) is 5.91 Å². The van der Waals surface area contributed by atoms with E-state index < -0.39 is 0 Å². The number of carbonyl (C=O) groups is 1. The molecule has 2 aromatic rings. The molecule has 6 nitrogen and oxygen atoms in total. The number of carbonyl (C=O) groups excluding carboxylic acids is 1. The Morgan fingerprint density at radius 3 is 2.93 bits per heavy atom. The molecule has 27 heavy (non-hydrogen) atoms. The fraction of sp³-hybridized carbons (Fsp3) is 0.500. The van der Waals surface area contributed by atoms with E-state index in [0.29, 0.717) is 22.3 Å². The molecule has 1 aliphatic rings. The van der Waals surface area contributed by atoms with Crippen LogP contribution in [-0.4, -0.2) is 39.1 Å². The van der Waals surface area contributed by atoms with Crippen molar-refractivity contribution >= 4 is 46.6 Å². The Balaban J connectivity index is 1.66. The molecular weight excluding hydrogens is 407 g/mol. The van der Waals surface area contributed by atoms with Gasteiger partial charge in [0, 0.05) is 12.5 Å². The first-order chi connectivity index (χ1) is 13.0. The number of halogens is 2. The smallest absolute Gasteiger partial charge is 0.234 e. The number of ether oxygens (including phenoxy) is 1. The number of nitrogens with zero attached hydrogens (tertiary/aromatic N) is 3. The molecule has 1 aromatic carbocycles. The highest BCUT2D eigenvalue weighted by Crippen LogP contribution is 2.30. The first-order valence-electron chi connectivity index (χ1n) is 8.87. The minimum Gasteiger partial charge on any atom is -0.376 e. The van der Waals surface area contributed by atoms with Crippen molar-refractivity contribution in [1.82, 2.24) is 14.8 Å². The maximum Gasteiger partial charge on any atom is 0.234 e. The molecule has 0 aliphatic carbocycles. The van der Waals surface area contributed by atoms with E-state index in [-0.39, 0.29) is 23.7 Å². The number of nitrogens with one attached hydrogen (secondary N) is 1. The zero-order valence-electron chi connectivity index (χ0n) is 15.2. The number of anilines is 1. The van der Waals surface area contributed by atoms with Gasteiger partial charge in [0.1, 0.15) is 5.82 Å². The van der Waals surface area contributed by atoms with E-state index >= 15 is 0 Å². The fourth-order valence-electron chi connectivity index (χ4n) is 2.91. The van der Waals surface area contributed by atoms with Crippen LogP contribution in [0.25, 0.3) is 0 Å². The van der Waals surface area contributed by atoms with Crippen LogP contribution in [0.2, 0.25) is 10.0 Å². The molecule has 1 aliphatic heterocycles. The van der Waals surface area contributed by atoms with Crippen LogP contribution in [0.1, 0.15) is 38.4 Å². The van der Waals surface area contributed by atoms with Gasteiger partial charge in [0.25, 0.3) is 0 Å². The molecular formula is C18H22Cl2N4O2S. The first kappa shape index (κ1) is 20.5. The van der Waals surface area contributed by atoms with Crippen molar-refractivity contribution in [3.63, 3.8) is 0 Å². The zero-order valence-corrected chi connectivity index (χ0v) is 17.6. The van der Waals surface area contributed by atoms with E-state index in [0.717, 1.165) is 30.4 Å². The number of amides is 1. The second-order valence-corrected chi connectivity index (χ2v) is 8.41. The van der Waals surface area contributed by atoms with Crippen molar-refractivity contribution < 1.29 is 9.53 Å². The molecule has 0 saturated carbocycles. The molecule has 3 rings (SSSR count). The van der Waals surface area contributed by atoms with E-state index in [2.05, 4.69) is 33.9 Å². The van der Waals surface area contributed by atoms with E-state index in [9.17, 15) is 4.79 Å². The zero-order chi connectivity index (χ0) is 19.4. The molecule has 1 fully saturated rings. The molecule has 1 unspecified atom stereocenters. The maximum atomic E-state index is 12.3. The van der Waals surface area contributed by atoms with Gasteiger partial charge in [-0.25, -0.2) is 0 Å². The van der Waals surface area contributed by atoms with Crippen molar-refractivity contribution in [2.24, 2.45) is 0 Å². The summed E-state index contributed by atoms with van der Waals surface area (Å²) in [6.07, 6.45) is 2.29. The lowest BCUT2D eigenvalue weighted by molar-refractivity contribution is -0.113. The van der Waals surface area contributed by atoms with Crippen molar-refractivity contribution in [2.75, 3.05) is 17.7 Å². The van der Waals surface area contributed by atoms with Gasteiger partial charge < -0.3 is 14.6 Å². The molecule has 1 N–H and O–H groups in total. The van der Waals surface area contributed by atoms with Crippen LogP contribution < -0.4 is 5.32 Å². The number of benzene rings is 1. The van der Waals surface area contributed by atoms with Crippen LogP contribution in [0.3, 0.4) is 0 Å². The SMILES string of the molecule is CC(C)c1nnc(SCC(=O)Nc2cccc(Cl)c2Cl)n1CC1CCCO1. The molecule has 0 spiro atoms. The standard InChI is InChI=1S/C18H22Cl2N4O2S/c1-11(2)17-22-23-18(24(17)9-12-5-4-8-26-12)27-10-15(25)21-14-7-3-6-13(19)16(14)20/h3,6-7,11-12H,4-5,8-10H2,1-2H3,(H,21,25). The third-order valence-corrected chi connectivity index (χ3v) is 6.02. The van der Waals surface area contributed by atoms with Gasteiger partial charge in [-0.1, -0.05) is 54.9 Å². The third-order valence-electron chi connectivity index (χ3n) is 4.23. The lowest BCUT2D eigenvalue weighted by atomic mass is 10.2. The van der Waals surface area contributed by atoms with Crippen molar-refractivity contribution in [3.05, 3.63) is 34.1 Å². The predicted octanol–water partition coefficient (Wildman–Crippen LogP) is 4.62. The Hall–Kier alpha value is -1.28. The predicted molar refractivity (Wildman–Crippen MR) is 109 cm³/mol. The number of rotatable bonds is 7. The molecule has 1 saturated heterocycles. The van der Waals surface area contributed by atoms with E-state index in [1.807, 2.05) is 0 Å². The van der Waals surface area contributed by atoms with Gasteiger partial charge in [0.05, 0.1) is 34.1 Å². The molecule has 1 atom stereocenters. The second-order valence-electron chi connectivity index (χ2n) is 6.68. The molecule has 0 bridgehead atoms. The van der Waals surface area contributed by atoms with Gasteiger partial charge in [-0.05, 0) is 25.0 Å². The van der Waals surface area contributed by atoms with Gasteiger partial charge >= 0.3 is 0 Å². The molecule has 1 amide bonds. The minimum atomic E-state index is -0.179. The summed E-state index contributed by atoms with van der Waals surface area (Å²) in [5, 5.41) is 12.8. The molecule has 9 heteroatoms. The van der Waals surface area contributed by atoms with Crippen molar-refractivity contribution in [3.8, 4) is 0 Å². The maximum absolute atomic E-state index is 12.3. The molecule has 0 radical (unpaired) electrons. The number of aromatic nitrogens is 3. The lowest BCUT2D eigenvalue weighted by Crippen LogP contribution is -2.19. The highest BCUT2D eigenvalue weighted by atomic mass is 35.5. The number of hydrogen-bond donors (Lipinski definition) is 1. The van der Waals surface area contributed by atoms with Gasteiger partial charge in [-0.3, -0.25) is 4.79 Å². The quantitative estimate of drug-likeness (QED) is 0.651. The average Bonchev–Trinajstić information content (AvgIpc) is 3.27. The monoisotopic (exact) mass is 428 g/mol. The van der Waals surface area contributed by atoms with Crippen LogP contribution in [0.15, 0.2) is 23.4 Å². The van der Waals surface area contributed by atoms with E-state index in [1.54, 1.807) is 18.2 Å². The largest absolute Gasteiger partial charge is 0.376 e. The summed E-state index contributed by atoms with van der Waals surface area (Å²) in [6, 6.07) is 5.13. The van der Waals surface area contributed by atoms with Gasteiger partial charge in [-0.2, -0.15) is 0 Å². The average molecular weight is 429 g/mol. The topological polar surface area (TPSA) is 69.0 Å². The van der Waals surface area contributed by atoms with E-state index in [1.165, 1.54) is 11.8 Å². The summed E-state index contributed by atoms with van der Waals surface area (Å²) < 4.78 is 7.83. The highest BCUT2D eigenvalue weighted by Gasteiger charge is 2.22. The molecule has 1 aromatic heterocycles. The molecule has 2 heterocycles. The van der Waals surface area contributed by atoms with Crippen LogP contribution >= 0.6 is 35.0 Å². The summed E-state index contributed by atoms with van der Waals surface area (Å²) in [6.45, 7) is 5.68. The van der Waals surface area contributed by atoms with Crippen molar-refractivity contribution in [1.29, 1.82) is 0 Å². The summed E-state index contributed by atoms with van der Waals surface area (Å²) in [5.41, 5.74) is 0.499.